The van der Waals surface area contributed by atoms with E-state index >= 15 is 0 Å². The van der Waals surface area contributed by atoms with E-state index in [4.69, 9.17) is 11.0 Å². The summed E-state index contributed by atoms with van der Waals surface area (Å²) < 4.78 is 0. The van der Waals surface area contributed by atoms with Crippen LogP contribution in [0.3, 0.4) is 0 Å². The number of nitrogens with zero attached hydrogens (tertiary/aromatic N) is 2. The van der Waals surface area contributed by atoms with Crippen LogP contribution < -0.4 is 16.0 Å². The zero-order valence-corrected chi connectivity index (χ0v) is 13.0. The highest BCUT2D eigenvalue weighted by Gasteiger charge is 2.16. The molecular formula is C16H20N4O2. The molecule has 1 rings (SSSR count). The van der Waals surface area contributed by atoms with E-state index in [1.54, 1.807) is 24.3 Å². The Hall–Kier alpha value is -2.81. The molecule has 1 aromatic carbocycles. The molecule has 0 bridgehead atoms. The fourth-order valence-corrected chi connectivity index (χ4v) is 1.65. The average Bonchev–Trinajstić information content (AvgIpc) is 2.49. The van der Waals surface area contributed by atoms with Gasteiger partial charge < -0.3 is 11.1 Å². The van der Waals surface area contributed by atoms with Crippen molar-refractivity contribution in [2.75, 3.05) is 10.6 Å². The van der Waals surface area contributed by atoms with Crippen LogP contribution in [0.4, 0.5) is 11.4 Å². The van der Waals surface area contributed by atoms with Crippen molar-refractivity contribution in [3.05, 3.63) is 36.0 Å². The number of nitrogens with two attached hydrogens (primary N) is 1. The van der Waals surface area contributed by atoms with Gasteiger partial charge >= 0.3 is 0 Å². The average molecular weight is 300 g/mol. The van der Waals surface area contributed by atoms with Crippen molar-refractivity contribution < 1.29 is 9.59 Å². The Morgan fingerprint density at radius 1 is 1.41 bits per heavy atom. The summed E-state index contributed by atoms with van der Waals surface area (Å²) in [7, 11) is 0. The molecule has 6 heteroatoms. The van der Waals surface area contributed by atoms with Crippen LogP contribution in [0.5, 0.6) is 0 Å². The third kappa shape index (κ3) is 4.63. The summed E-state index contributed by atoms with van der Waals surface area (Å²) in [4.78, 5) is 25.1. The molecular weight excluding hydrogens is 280 g/mol. The highest BCUT2D eigenvalue weighted by atomic mass is 16.2. The van der Waals surface area contributed by atoms with Crippen LogP contribution in [0, 0.1) is 11.3 Å². The van der Waals surface area contributed by atoms with Gasteiger partial charge in [0.1, 0.15) is 11.6 Å². The van der Waals surface area contributed by atoms with Gasteiger partial charge in [-0.2, -0.15) is 5.26 Å². The predicted octanol–water partition coefficient (Wildman–Crippen LogP) is 1.94. The number of nitrogens with one attached hydrogen (secondary N) is 1. The van der Waals surface area contributed by atoms with E-state index in [1.807, 2.05) is 19.9 Å². The Kier molecular flexibility index (Phi) is 6.14. The summed E-state index contributed by atoms with van der Waals surface area (Å²) in [6, 6.07) is 8.36. The SMILES string of the molecule is CCC(C)NC(=O)/C(C#N)=C\N(C(C)=O)c1ccc(N)cc1. The van der Waals surface area contributed by atoms with Crippen LogP contribution in [0.15, 0.2) is 36.0 Å². The molecule has 0 saturated heterocycles. The maximum absolute atomic E-state index is 12.0. The van der Waals surface area contributed by atoms with Gasteiger partial charge in [0, 0.05) is 30.5 Å². The topological polar surface area (TPSA) is 99.2 Å². The van der Waals surface area contributed by atoms with Gasteiger partial charge in [-0.15, -0.1) is 0 Å². The standard InChI is InChI=1S/C16H20N4O2/c1-4-11(2)19-16(22)13(9-17)10-20(12(3)21)15-7-5-14(18)6-8-15/h5-8,10-11H,4,18H2,1-3H3,(H,19,22)/b13-10-. The molecule has 0 aliphatic carbocycles. The molecule has 0 saturated carbocycles. The number of hydrogen-bond acceptors (Lipinski definition) is 4. The lowest BCUT2D eigenvalue weighted by molar-refractivity contribution is -0.117. The number of amides is 2. The van der Waals surface area contributed by atoms with Crippen LogP contribution >= 0.6 is 0 Å². The molecule has 6 nitrogen and oxygen atoms in total. The molecule has 1 aromatic rings. The van der Waals surface area contributed by atoms with Crippen molar-refractivity contribution in [2.24, 2.45) is 0 Å². The van der Waals surface area contributed by atoms with Gasteiger partial charge in [0.2, 0.25) is 5.91 Å². The summed E-state index contributed by atoms with van der Waals surface area (Å²) in [6.45, 7) is 5.13. The van der Waals surface area contributed by atoms with Gasteiger partial charge in [-0.05, 0) is 37.6 Å². The smallest absolute Gasteiger partial charge is 0.263 e. The second-order valence-electron chi connectivity index (χ2n) is 4.92. The second kappa shape index (κ2) is 7.84. The zero-order chi connectivity index (χ0) is 16.7. The normalized spacial score (nSPS) is 12.2. The number of benzene rings is 1. The van der Waals surface area contributed by atoms with Gasteiger partial charge in [-0.25, -0.2) is 0 Å². The van der Waals surface area contributed by atoms with Crippen molar-refractivity contribution >= 4 is 23.2 Å². The molecule has 0 heterocycles. The molecule has 0 aromatic heterocycles. The lowest BCUT2D eigenvalue weighted by Gasteiger charge is -2.18. The number of carbonyl (C=O) groups excluding carboxylic acids is 2. The Balaban J connectivity index is 3.09. The minimum Gasteiger partial charge on any atom is -0.399 e. The van der Waals surface area contributed by atoms with Gasteiger partial charge in [0.25, 0.3) is 5.91 Å². The summed E-state index contributed by atoms with van der Waals surface area (Å²) in [5.41, 5.74) is 6.58. The lowest BCUT2D eigenvalue weighted by Crippen LogP contribution is -2.34. The van der Waals surface area contributed by atoms with E-state index in [0.717, 1.165) is 6.42 Å². The van der Waals surface area contributed by atoms with E-state index in [2.05, 4.69) is 5.32 Å². The minimum atomic E-state index is -0.501. The number of anilines is 2. The van der Waals surface area contributed by atoms with Gasteiger partial charge in [-0.1, -0.05) is 6.92 Å². The highest BCUT2D eigenvalue weighted by molar-refractivity contribution is 6.01. The van der Waals surface area contributed by atoms with Crippen LogP contribution in [0.1, 0.15) is 27.2 Å². The molecule has 1 unspecified atom stereocenters. The molecule has 22 heavy (non-hydrogen) atoms. The van der Waals surface area contributed by atoms with E-state index in [9.17, 15) is 9.59 Å². The molecule has 1 atom stereocenters. The number of nitrogen functional groups attached to an aromatic ring is 1. The maximum atomic E-state index is 12.0. The fourth-order valence-electron chi connectivity index (χ4n) is 1.65. The number of hydrogen-bond donors (Lipinski definition) is 2. The Morgan fingerprint density at radius 2 is 2.00 bits per heavy atom. The summed E-state index contributed by atoms with van der Waals surface area (Å²) in [6.07, 6.45) is 1.99. The Labute approximate surface area is 130 Å². The number of carbonyl (C=O) groups is 2. The van der Waals surface area contributed by atoms with Crippen molar-refractivity contribution in [3.63, 3.8) is 0 Å². The predicted molar refractivity (Wildman–Crippen MR) is 85.6 cm³/mol. The highest BCUT2D eigenvalue weighted by Crippen LogP contribution is 2.18. The third-order valence-electron chi connectivity index (χ3n) is 3.12. The van der Waals surface area contributed by atoms with Crippen molar-refractivity contribution in [1.82, 2.24) is 5.32 Å². The molecule has 0 radical (unpaired) electrons. The van der Waals surface area contributed by atoms with Gasteiger partial charge in [0.05, 0.1) is 0 Å². The van der Waals surface area contributed by atoms with Crippen LogP contribution in [0.25, 0.3) is 0 Å². The second-order valence-corrected chi connectivity index (χ2v) is 4.92. The first kappa shape index (κ1) is 17.2. The molecule has 3 N–H and O–H groups in total. The van der Waals surface area contributed by atoms with Crippen molar-refractivity contribution in [3.8, 4) is 6.07 Å². The van der Waals surface area contributed by atoms with E-state index < -0.39 is 5.91 Å². The maximum Gasteiger partial charge on any atom is 0.263 e. The molecule has 116 valence electrons. The molecule has 0 fully saturated rings. The number of rotatable bonds is 5. The van der Waals surface area contributed by atoms with Crippen LogP contribution in [-0.4, -0.2) is 17.9 Å². The lowest BCUT2D eigenvalue weighted by atomic mass is 10.2. The third-order valence-corrected chi connectivity index (χ3v) is 3.12. The Bertz CT molecular complexity index is 614. The van der Waals surface area contributed by atoms with E-state index in [-0.39, 0.29) is 17.5 Å². The van der Waals surface area contributed by atoms with E-state index in [0.29, 0.717) is 11.4 Å². The Morgan fingerprint density at radius 3 is 2.45 bits per heavy atom. The van der Waals surface area contributed by atoms with Crippen LogP contribution in [0.2, 0.25) is 0 Å². The monoisotopic (exact) mass is 300 g/mol. The summed E-state index contributed by atoms with van der Waals surface area (Å²) >= 11 is 0. The largest absolute Gasteiger partial charge is 0.399 e. The first-order valence-electron chi connectivity index (χ1n) is 6.97. The molecule has 0 aliphatic heterocycles. The first-order chi connectivity index (χ1) is 10.4. The number of nitriles is 1. The quantitative estimate of drug-likeness (QED) is 0.493. The first-order valence-corrected chi connectivity index (χ1v) is 6.97. The molecule has 2 amide bonds. The minimum absolute atomic E-state index is 0.0495. The zero-order valence-electron chi connectivity index (χ0n) is 13.0. The van der Waals surface area contributed by atoms with E-state index in [1.165, 1.54) is 18.0 Å². The van der Waals surface area contributed by atoms with Crippen LogP contribution in [-0.2, 0) is 9.59 Å². The molecule has 0 spiro atoms. The fraction of sp³-hybridized carbons (Fsp3) is 0.312. The molecule has 0 aliphatic rings. The van der Waals surface area contributed by atoms with Crippen molar-refractivity contribution in [1.29, 1.82) is 5.26 Å². The van der Waals surface area contributed by atoms with Crippen molar-refractivity contribution in [2.45, 2.75) is 33.2 Å². The summed E-state index contributed by atoms with van der Waals surface area (Å²) in [5, 5.41) is 11.9. The van der Waals surface area contributed by atoms with Gasteiger partial charge in [0.15, 0.2) is 0 Å². The summed E-state index contributed by atoms with van der Waals surface area (Å²) in [5.74, 6) is -0.813. The van der Waals surface area contributed by atoms with Gasteiger partial charge in [-0.3, -0.25) is 14.5 Å².